The first-order chi connectivity index (χ1) is 13.2. The molecule has 0 amide bonds. The molecule has 0 radical (unpaired) electrons. The fourth-order valence-electron chi connectivity index (χ4n) is 2.49. The Kier molecular flexibility index (Phi) is 31.1. The summed E-state index contributed by atoms with van der Waals surface area (Å²) in [6, 6.07) is 0. The summed E-state index contributed by atoms with van der Waals surface area (Å²) in [5.74, 6) is 0.833. The van der Waals surface area contributed by atoms with E-state index < -0.39 is 10.4 Å². The van der Waals surface area contributed by atoms with Crippen LogP contribution in [0.1, 0.15) is 125 Å². The van der Waals surface area contributed by atoms with Gasteiger partial charge in [0.15, 0.2) is 0 Å². The summed E-state index contributed by atoms with van der Waals surface area (Å²) in [5, 5.41) is 0. The van der Waals surface area contributed by atoms with Gasteiger partial charge in [-0.05, 0) is 25.8 Å². The van der Waals surface area contributed by atoms with Crippen molar-refractivity contribution in [3.8, 4) is 0 Å². The van der Waals surface area contributed by atoms with Gasteiger partial charge < -0.3 is 5.73 Å². The molecule has 3 N–H and O–H groups in total. The number of hydrogen-bond donors (Lipinski definition) is 2. The van der Waals surface area contributed by atoms with Crippen molar-refractivity contribution < 1.29 is 17.2 Å². The smallest absolute Gasteiger partial charge is 0.330 e. The highest BCUT2D eigenvalue weighted by molar-refractivity contribution is 7.80. The predicted molar refractivity (Wildman–Crippen MR) is 123 cm³/mol. The van der Waals surface area contributed by atoms with Gasteiger partial charge in [0.05, 0.1) is 6.61 Å². The lowest BCUT2D eigenvalue weighted by Gasteiger charge is -2.02. The fourth-order valence-corrected chi connectivity index (χ4v) is 2.79. The monoisotopic (exact) mass is 425 g/mol. The van der Waals surface area contributed by atoms with Crippen molar-refractivity contribution >= 4 is 10.4 Å². The Bertz CT molecular complexity index is 343. The van der Waals surface area contributed by atoms with Gasteiger partial charge in [-0.1, -0.05) is 111 Å². The molecule has 0 spiro atoms. The summed E-state index contributed by atoms with van der Waals surface area (Å²) in [4.78, 5) is 0. The molecule has 0 fully saturated rings. The minimum absolute atomic E-state index is 0.0289. The zero-order chi connectivity index (χ0) is 22.1. The van der Waals surface area contributed by atoms with Crippen LogP contribution in [0.5, 0.6) is 0 Å². The number of hydrogen-bond acceptors (Lipinski definition) is 4. The van der Waals surface area contributed by atoms with Crippen LogP contribution in [0.4, 0.5) is 0 Å². The third-order valence-electron chi connectivity index (χ3n) is 3.82. The SMILES string of the molecule is CC(C)C.CCCCCCCCCCCCCCCCN.CCOS(=O)(=O)O. The lowest BCUT2D eigenvalue weighted by Crippen LogP contribution is -2.01. The summed E-state index contributed by atoms with van der Waals surface area (Å²) < 4.78 is 30.7. The van der Waals surface area contributed by atoms with Crippen molar-refractivity contribution in [2.75, 3.05) is 13.2 Å². The van der Waals surface area contributed by atoms with Crippen LogP contribution in [0.15, 0.2) is 0 Å². The normalized spacial score (nSPS) is 10.9. The largest absolute Gasteiger partial charge is 0.397 e. The standard InChI is InChI=1S/C16H35N.C4H10.C2H6O4S/c1-2-3-4-5-6-7-8-9-10-11-12-13-14-15-16-17;1-4(2)3;1-2-6-7(3,4)5/h2-17H2,1H3;4H,1-3H3;2H2,1H3,(H,3,4,5). The van der Waals surface area contributed by atoms with Gasteiger partial charge in [-0.15, -0.1) is 0 Å². The van der Waals surface area contributed by atoms with E-state index in [2.05, 4.69) is 31.9 Å². The molecule has 0 aliphatic carbocycles. The second kappa shape index (κ2) is 26.8. The highest BCUT2D eigenvalue weighted by atomic mass is 32.3. The topological polar surface area (TPSA) is 89.6 Å². The van der Waals surface area contributed by atoms with Gasteiger partial charge in [0.2, 0.25) is 0 Å². The first kappa shape index (κ1) is 32.5. The second-order valence-electron chi connectivity index (χ2n) is 7.95. The van der Waals surface area contributed by atoms with Gasteiger partial charge in [-0.25, -0.2) is 4.18 Å². The molecule has 28 heavy (non-hydrogen) atoms. The highest BCUT2D eigenvalue weighted by Gasteiger charge is 1.98. The Morgan fingerprint density at radius 3 is 1.18 bits per heavy atom. The molecule has 0 heterocycles. The van der Waals surface area contributed by atoms with E-state index in [-0.39, 0.29) is 6.61 Å². The van der Waals surface area contributed by atoms with Crippen molar-refractivity contribution in [1.82, 2.24) is 0 Å². The van der Waals surface area contributed by atoms with Crippen LogP contribution in [-0.4, -0.2) is 26.1 Å². The average Bonchev–Trinajstić information content (AvgIpc) is 2.58. The van der Waals surface area contributed by atoms with E-state index in [4.69, 9.17) is 10.3 Å². The number of unbranched alkanes of at least 4 members (excludes halogenated alkanes) is 13. The lowest BCUT2D eigenvalue weighted by atomic mass is 10.0. The van der Waals surface area contributed by atoms with Crippen LogP contribution in [0, 0.1) is 5.92 Å². The third kappa shape index (κ3) is 50.1. The summed E-state index contributed by atoms with van der Waals surface area (Å²) in [7, 11) is -4.17. The molecular formula is C22H51NO4S. The first-order valence-electron chi connectivity index (χ1n) is 11.5. The van der Waals surface area contributed by atoms with Gasteiger partial charge >= 0.3 is 10.4 Å². The van der Waals surface area contributed by atoms with Crippen molar-refractivity contribution in [2.24, 2.45) is 11.7 Å². The summed E-state index contributed by atoms with van der Waals surface area (Å²) in [6.45, 7) is 11.1. The van der Waals surface area contributed by atoms with Crippen LogP contribution >= 0.6 is 0 Å². The molecule has 5 nitrogen and oxygen atoms in total. The summed E-state index contributed by atoms with van der Waals surface area (Å²) >= 11 is 0. The molecule has 0 aromatic rings. The number of nitrogens with two attached hydrogens (primary N) is 1. The third-order valence-corrected chi connectivity index (χ3v) is 4.36. The van der Waals surface area contributed by atoms with Crippen molar-refractivity contribution in [3.05, 3.63) is 0 Å². The molecule has 0 saturated heterocycles. The van der Waals surface area contributed by atoms with E-state index in [1.165, 1.54) is 96.8 Å². The Balaban J connectivity index is -0.000000466. The molecule has 0 bridgehead atoms. The molecule has 6 heteroatoms. The molecule has 0 aliphatic heterocycles. The molecule has 0 aromatic carbocycles. The lowest BCUT2D eigenvalue weighted by molar-refractivity contribution is 0.283. The van der Waals surface area contributed by atoms with Crippen molar-refractivity contribution in [1.29, 1.82) is 0 Å². The first-order valence-corrected chi connectivity index (χ1v) is 12.9. The number of rotatable bonds is 16. The Hall–Kier alpha value is -0.170. The Labute approximate surface area is 177 Å². The maximum Gasteiger partial charge on any atom is 0.397 e. The molecule has 0 atom stereocenters. The van der Waals surface area contributed by atoms with Crippen LogP contribution in [-0.2, 0) is 14.6 Å². The molecule has 0 aromatic heterocycles. The van der Waals surface area contributed by atoms with Crippen LogP contribution < -0.4 is 5.73 Å². The summed E-state index contributed by atoms with van der Waals surface area (Å²) in [6.07, 6.45) is 19.9. The predicted octanol–water partition coefficient (Wildman–Crippen LogP) is 6.91. The minimum Gasteiger partial charge on any atom is -0.330 e. The Morgan fingerprint density at radius 1 is 0.714 bits per heavy atom. The molecule has 0 rings (SSSR count). The molecule has 0 unspecified atom stereocenters. The quantitative estimate of drug-likeness (QED) is 0.207. The van der Waals surface area contributed by atoms with E-state index in [1.54, 1.807) is 0 Å². The zero-order valence-electron chi connectivity index (χ0n) is 19.5. The zero-order valence-corrected chi connectivity index (χ0v) is 20.4. The van der Waals surface area contributed by atoms with Gasteiger partial charge in [0.1, 0.15) is 0 Å². The second-order valence-corrected chi connectivity index (χ2v) is 9.04. The molecule has 0 saturated carbocycles. The van der Waals surface area contributed by atoms with Crippen LogP contribution in [0.2, 0.25) is 0 Å². The molecular weight excluding hydrogens is 374 g/mol. The van der Waals surface area contributed by atoms with Gasteiger partial charge in [-0.2, -0.15) is 8.42 Å². The molecule has 174 valence electrons. The van der Waals surface area contributed by atoms with E-state index in [1.807, 2.05) is 0 Å². The van der Waals surface area contributed by atoms with Crippen molar-refractivity contribution in [2.45, 2.75) is 125 Å². The van der Waals surface area contributed by atoms with Crippen molar-refractivity contribution in [3.63, 3.8) is 0 Å². The van der Waals surface area contributed by atoms with Gasteiger partial charge in [-0.3, -0.25) is 4.55 Å². The minimum atomic E-state index is -4.17. The molecule has 0 aliphatic rings. The van der Waals surface area contributed by atoms with Gasteiger partial charge in [0.25, 0.3) is 0 Å². The van der Waals surface area contributed by atoms with E-state index in [9.17, 15) is 8.42 Å². The summed E-state index contributed by atoms with van der Waals surface area (Å²) in [5.41, 5.74) is 5.47. The Morgan fingerprint density at radius 2 is 1.00 bits per heavy atom. The van der Waals surface area contributed by atoms with Crippen LogP contribution in [0.25, 0.3) is 0 Å². The fraction of sp³-hybridized carbons (Fsp3) is 1.00. The van der Waals surface area contributed by atoms with E-state index in [0.29, 0.717) is 0 Å². The van der Waals surface area contributed by atoms with E-state index in [0.717, 1.165) is 12.5 Å². The maximum absolute atomic E-state index is 9.56. The highest BCUT2D eigenvalue weighted by Crippen LogP contribution is 2.12. The maximum atomic E-state index is 9.56. The van der Waals surface area contributed by atoms with Crippen LogP contribution in [0.3, 0.4) is 0 Å². The average molecular weight is 426 g/mol. The van der Waals surface area contributed by atoms with E-state index >= 15 is 0 Å². The van der Waals surface area contributed by atoms with Gasteiger partial charge in [0, 0.05) is 0 Å².